The first-order valence-electron chi connectivity index (χ1n) is 12.9. The lowest BCUT2D eigenvalue weighted by atomic mass is 9.59. The molecule has 2 N–H and O–H groups in total. The van der Waals surface area contributed by atoms with Crippen molar-refractivity contribution in [1.82, 2.24) is 4.90 Å². The number of hydrogen-bond acceptors (Lipinski definition) is 6. The number of imide groups is 1. The van der Waals surface area contributed by atoms with Crippen molar-refractivity contribution >= 4 is 36.3 Å². The Morgan fingerprint density at radius 1 is 1.27 bits per heavy atom. The molecule has 3 aliphatic rings. The van der Waals surface area contributed by atoms with Crippen LogP contribution in [0.15, 0.2) is 52.4 Å². The van der Waals surface area contributed by atoms with Crippen LogP contribution in [0.4, 0.5) is 4.39 Å². The minimum atomic E-state index is -1.00. The van der Waals surface area contributed by atoms with Crippen molar-refractivity contribution in [3.8, 4) is 5.75 Å². The zero-order valence-electron chi connectivity index (χ0n) is 21.0. The highest BCUT2D eigenvalue weighted by Gasteiger charge is 2.56. The van der Waals surface area contributed by atoms with Crippen molar-refractivity contribution in [3.63, 3.8) is 0 Å². The lowest BCUT2D eigenvalue weighted by Gasteiger charge is -2.42. The molecule has 0 unspecified atom stereocenters. The Labute approximate surface area is 220 Å². The highest BCUT2D eigenvalue weighted by Crippen LogP contribution is 2.50. The van der Waals surface area contributed by atoms with E-state index in [0.29, 0.717) is 37.7 Å². The van der Waals surface area contributed by atoms with Gasteiger partial charge >= 0.3 is 7.12 Å². The van der Waals surface area contributed by atoms with Crippen molar-refractivity contribution in [2.75, 3.05) is 0 Å². The first-order chi connectivity index (χ1) is 17.8. The maximum Gasteiger partial charge on any atom is 0.455 e. The molecule has 2 amide bonds. The number of thiophene rings is 1. The Kier molecular flexibility index (Phi) is 7.38. The number of likely N-dealkylation sites (tertiary alicyclic amines) is 1. The summed E-state index contributed by atoms with van der Waals surface area (Å²) in [7, 11) is -1.00. The number of rotatable bonds is 7. The van der Waals surface area contributed by atoms with Gasteiger partial charge in [-0.1, -0.05) is 36.3 Å². The molecular formula is C28H31BFNO5S. The van der Waals surface area contributed by atoms with Crippen molar-refractivity contribution in [2.45, 2.75) is 58.5 Å². The van der Waals surface area contributed by atoms with E-state index < -0.39 is 18.9 Å². The van der Waals surface area contributed by atoms with Gasteiger partial charge in [-0.3, -0.25) is 14.5 Å². The minimum absolute atomic E-state index is 0.114. The number of carbonyl (C=O) groups is 2. The molecule has 0 bridgehead atoms. The van der Waals surface area contributed by atoms with E-state index in [4.69, 9.17) is 4.65 Å². The second kappa shape index (κ2) is 10.6. The van der Waals surface area contributed by atoms with Gasteiger partial charge in [-0.15, -0.1) is 11.3 Å². The lowest BCUT2D eigenvalue weighted by molar-refractivity contribution is -0.140. The van der Waals surface area contributed by atoms with Crippen LogP contribution in [0.2, 0.25) is 6.32 Å². The molecule has 0 spiro atoms. The molecule has 4 atom stereocenters. The van der Waals surface area contributed by atoms with Gasteiger partial charge in [0, 0.05) is 4.88 Å². The third-order valence-electron chi connectivity index (χ3n) is 7.96. The molecule has 5 rings (SSSR count). The Morgan fingerprint density at radius 3 is 2.78 bits per heavy atom. The predicted molar refractivity (Wildman–Crippen MR) is 141 cm³/mol. The number of nitrogens with zero attached hydrogens (tertiary/aromatic N) is 1. The number of phenolic OH excluding ortho intramolecular Hbond substituents is 1. The monoisotopic (exact) mass is 523 g/mol. The molecule has 2 fully saturated rings. The van der Waals surface area contributed by atoms with Crippen LogP contribution in [0, 0.1) is 23.6 Å². The van der Waals surface area contributed by atoms with Gasteiger partial charge in [0.05, 0.1) is 24.5 Å². The second-order valence-electron chi connectivity index (χ2n) is 10.2. The number of aromatic hydroxyl groups is 1. The van der Waals surface area contributed by atoms with Crippen molar-refractivity contribution in [1.29, 1.82) is 0 Å². The maximum atomic E-state index is 13.8. The Bertz CT molecular complexity index is 1260. The van der Waals surface area contributed by atoms with Gasteiger partial charge in [0.25, 0.3) is 0 Å². The number of allylic oxidation sites excluding steroid dienone is 2. The molecule has 2 aromatic rings. The standard InChI is InChI=1S/C28H31BFNO5S/c1-3-17(12-18-6-8-23(32)22(30)13-18)7-9-24-25-16(2)11-20-26(21(25)14-29(35)36-24)28(34)31(27(20)33)15-19-5-4-10-37-19/h4-6,8,10,12-13,20-21,24,26,32,35H,3,7,9,11,14-15H2,1-2H3/b17-12+/t20-,21+,24-,26-/m1/s1. The van der Waals surface area contributed by atoms with Gasteiger partial charge in [0.2, 0.25) is 11.8 Å². The molecule has 1 aliphatic carbocycles. The van der Waals surface area contributed by atoms with Crippen molar-refractivity contribution < 1.29 is 28.8 Å². The number of phenols is 1. The highest BCUT2D eigenvalue weighted by molar-refractivity contribution is 7.09. The molecule has 1 aromatic carbocycles. The van der Waals surface area contributed by atoms with Gasteiger partial charge in [-0.2, -0.15) is 0 Å². The molecular weight excluding hydrogens is 492 g/mol. The van der Waals surface area contributed by atoms with Crippen LogP contribution in [0.3, 0.4) is 0 Å². The summed E-state index contributed by atoms with van der Waals surface area (Å²) in [4.78, 5) is 29.2. The SMILES string of the molecule is CC/C(=C\c1ccc(O)c(F)c1)CC[C@H]1OB(O)C[C@H]2C1=C(C)C[C@H]1C(=O)N(Cc3cccs3)C(=O)[C@H]12. The first kappa shape index (κ1) is 25.9. The summed E-state index contributed by atoms with van der Waals surface area (Å²) in [6.07, 6.45) is 4.44. The summed E-state index contributed by atoms with van der Waals surface area (Å²) < 4.78 is 19.8. The van der Waals surface area contributed by atoms with Crippen LogP contribution in [0.25, 0.3) is 6.08 Å². The summed E-state index contributed by atoms with van der Waals surface area (Å²) >= 11 is 1.53. The lowest BCUT2D eigenvalue weighted by Crippen LogP contribution is -2.46. The second-order valence-corrected chi connectivity index (χ2v) is 11.3. The van der Waals surface area contributed by atoms with Crippen LogP contribution >= 0.6 is 11.3 Å². The number of benzene rings is 1. The zero-order valence-corrected chi connectivity index (χ0v) is 21.8. The number of amides is 2. The molecule has 6 nitrogen and oxygen atoms in total. The molecule has 1 aromatic heterocycles. The molecule has 3 heterocycles. The minimum Gasteiger partial charge on any atom is -0.505 e. The van der Waals surface area contributed by atoms with Crippen LogP contribution in [0.1, 0.15) is 50.0 Å². The molecule has 2 saturated heterocycles. The van der Waals surface area contributed by atoms with Crippen LogP contribution in [-0.4, -0.2) is 40.1 Å². The quantitative estimate of drug-likeness (QED) is 0.297. The number of hydrogen-bond donors (Lipinski definition) is 2. The van der Waals surface area contributed by atoms with Crippen LogP contribution < -0.4 is 0 Å². The Balaban J connectivity index is 1.35. The predicted octanol–water partition coefficient (Wildman–Crippen LogP) is 5.18. The summed E-state index contributed by atoms with van der Waals surface area (Å²) in [5, 5.41) is 22.0. The van der Waals surface area contributed by atoms with Crippen molar-refractivity contribution in [3.05, 3.63) is 68.7 Å². The summed E-state index contributed by atoms with van der Waals surface area (Å²) in [5.74, 6) is -2.37. The van der Waals surface area contributed by atoms with Crippen LogP contribution in [-0.2, 0) is 20.8 Å². The van der Waals surface area contributed by atoms with E-state index in [2.05, 4.69) is 0 Å². The van der Waals surface area contributed by atoms with E-state index in [1.165, 1.54) is 28.4 Å². The average Bonchev–Trinajstić information content (AvgIpc) is 3.46. The largest absolute Gasteiger partial charge is 0.505 e. The van der Waals surface area contributed by atoms with E-state index >= 15 is 0 Å². The Hall–Kier alpha value is -2.75. The van der Waals surface area contributed by atoms with E-state index in [-0.39, 0.29) is 35.5 Å². The van der Waals surface area contributed by atoms with E-state index in [1.54, 1.807) is 6.07 Å². The fourth-order valence-electron chi connectivity index (χ4n) is 6.22. The average molecular weight is 523 g/mol. The normalized spacial score (nSPS) is 26.1. The summed E-state index contributed by atoms with van der Waals surface area (Å²) in [6, 6.07) is 8.16. The van der Waals surface area contributed by atoms with E-state index in [1.807, 2.05) is 37.4 Å². The molecule has 0 saturated carbocycles. The van der Waals surface area contributed by atoms with E-state index in [9.17, 15) is 24.1 Å². The van der Waals surface area contributed by atoms with Gasteiger partial charge < -0.3 is 14.8 Å². The number of halogens is 1. The first-order valence-corrected chi connectivity index (χ1v) is 13.7. The third-order valence-corrected chi connectivity index (χ3v) is 8.82. The van der Waals surface area contributed by atoms with Crippen molar-refractivity contribution in [2.24, 2.45) is 17.8 Å². The fourth-order valence-corrected chi connectivity index (χ4v) is 6.91. The van der Waals surface area contributed by atoms with Crippen LogP contribution in [0.5, 0.6) is 5.75 Å². The van der Waals surface area contributed by atoms with E-state index in [0.717, 1.165) is 28.0 Å². The summed E-state index contributed by atoms with van der Waals surface area (Å²) in [5.41, 5.74) is 3.89. The van der Waals surface area contributed by atoms with Gasteiger partial charge in [-0.05, 0) is 79.6 Å². The maximum absolute atomic E-state index is 13.8. The zero-order chi connectivity index (χ0) is 26.3. The molecule has 37 heavy (non-hydrogen) atoms. The molecule has 2 aliphatic heterocycles. The van der Waals surface area contributed by atoms with Gasteiger partial charge in [-0.25, -0.2) is 4.39 Å². The highest BCUT2D eigenvalue weighted by atomic mass is 32.1. The Morgan fingerprint density at radius 2 is 2.08 bits per heavy atom. The summed E-state index contributed by atoms with van der Waals surface area (Å²) in [6.45, 7) is 4.35. The smallest absolute Gasteiger partial charge is 0.455 e. The topological polar surface area (TPSA) is 87.1 Å². The molecule has 0 radical (unpaired) electrons. The molecule has 194 valence electrons. The van der Waals surface area contributed by atoms with Gasteiger partial charge in [0.15, 0.2) is 11.6 Å². The van der Waals surface area contributed by atoms with Gasteiger partial charge in [0.1, 0.15) is 0 Å². The fraction of sp³-hybridized carbons (Fsp3) is 0.429. The molecule has 9 heteroatoms. The number of fused-ring (bicyclic) bond motifs is 3. The third kappa shape index (κ3) is 5.04. The number of carbonyl (C=O) groups excluding carboxylic acids is 2.